The van der Waals surface area contributed by atoms with E-state index in [1.54, 1.807) is 25.3 Å². The van der Waals surface area contributed by atoms with E-state index < -0.39 is 0 Å². The van der Waals surface area contributed by atoms with Gasteiger partial charge in [0, 0.05) is 11.1 Å². The molecule has 0 fully saturated rings. The lowest BCUT2D eigenvalue weighted by atomic mass is 9.96. The normalized spacial score (nSPS) is 11.2. The number of aromatic nitrogens is 1. The molecule has 2 rings (SSSR count). The zero-order chi connectivity index (χ0) is 14.8. The van der Waals surface area contributed by atoms with Gasteiger partial charge in [-0.3, -0.25) is 10.1 Å². The van der Waals surface area contributed by atoms with Crippen molar-refractivity contribution in [3.05, 3.63) is 40.9 Å². The summed E-state index contributed by atoms with van der Waals surface area (Å²) in [5.41, 5.74) is 0.535. The van der Waals surface area contributed by atoms with Gasteiger partial charge in [-0.2, -0.15) is 0 Å². The molecule has 0 aliphatic heterocycles. The molecule has 1 amide bonds. The van der Waals surface area contributed by atoms with Crippen LogP contribution in [0.15, 0.2) is 30.5 Å². The number of carbonyl (C=O) groups excluding carboxylic acids is 1. The first-order valence-corrected chi connectivity index (χ1v) is 7.14. The number of methoxy groups -OCH3 is 1. The Kier molecular flexibility index (Phi) is 4.09. The maximum Gasteiger partial charge on any atom is 0.261 e. The van der Waals surface area contributed by atoms with Crippen molar-refractivity contribution >= 4 is 22.4 Å². The third kappa shape index (κ3) is 3.17. The van der Waals surface area contributed by atoms with E-state index in [0.29, 0.717) is 16.4 Å². The van der Waals surface area contributed by atoms with E-state index in [2.05, 4.69) is 31.1 Å². The zero-order valence-corrected chi connectivity index (χ0v) is 12.9. The fourth-order valence-electron chi connectivity index (χ4n) is 1.68. The highest BCUT2D eigenvalue weighted by atomic mass is 32.1. The predicted octanol–water partition coefficient (Wildman–Crippen LogP) is 3.70. The number of rotatable bonds is 3. The van der Waals surface area contributed by atoms with Gasteiger partial charge in [0.05, 0.1) is 12.7 Å². The average molecular weight is 290 g/mol. The third-order valence-corrected chi connectivity index (χ3v) is 4.16. The van der Waals surface area contributed by atoms with Crippen LogP contribution < -0.4 is 10.1 Å². The van der Waals surface area contributed by atoms with E-state index in [1.165, 1.54) is 11.3 Å². The number of hydrogen-bond acceptors (Lipinski definition) is 4. The maximum absolute atomic E-state index is 12.2. The SMILES string of the molecule is COc1ccccc1C(=O)Nc1ncc(C(C)(C)C)s1. The van der Waals surface area contributed by atoms with Crippen LogP contribution in [0.25, 0.3) is 0 Å². The molecule has 0 aliphatic carbocycles. The monoisotopic (exact) mass is 290 g/mol. The third-order valence-electron chi connectivity index (χ3n) is 2.82. The molecule has 20 heavy (non-hydrogen) atoms. The van der Waals surface area contributed by atoms with Crippen LogP contribution in [0.5, 0.6) is 5.75 Å². The molecule has 0 aliphatic rings. The number of nitrogens with zero attached hydrogens (tertiary/aromatic N) is 1. The minimum absolute atomic E-state index is 0.0328. The Balaban J connectivity index is 2.18. The Hall–Kier alpha value is -1.88. The molecule has 1 aromatic carbocycles. The number of benzene rings is 1. The molecular formula is C15H18N2O2S. The summed E-state index contributed by atoms with van der Waals surface area (Å²) in [5, 5.41) is 3.42. The number of ether oxygens (including phenoxy) is 1. The van der Waals surface area contributed by atoms with Crippen molar-refractivity contribution in [3.8, 4) is 5.75 Å². The van der Waals surface area contributed by atoms with Crippen LogP contribution in [0.2, 0.25) is 0 Å². The molecule has 0 spiro atoms. The van der Waals surface area contributed by atoms with Crippen molar-refractivity contribution in [2.45, 2.75) is 26.2 Å². The number of anilines is 1. The molecule has 5 heteroatoms. The molecule has 0 atom stereocenters. The lowest BCUT2D eigenvalue weighted by Gasteiger charge is -2.14. The Labute approximate surface area is 122 Å². The Morgan fingerprint density at radius 1 is 1.30 bits per heavy atom. The molecule has 1 N–H and O–H groups in total. The van der Waals surface area contributed by atoms with Crippen molar-refractivity contribution in [3.63, 3.8) is 0 Å². The van der Waals surface area contributed by atoms with Gasteiger partial charge in [0.15, 0.2) is 5.13 Å². The van der Waals surface area contributed by atoms with Crippen LogP contribution in [0.3, 0.4) is 0 Å². The largest absolute Gasteiger partial charge is 0.496 e. The van der Waals surface area contributed by atoms with Gasteiger partial charge in [-0.05, 0) is 17.5 Å². The van der Waals surface area contributed by atoms with E-state index >= 15 is 0 Å². The van der Waals surface area contributed by atoms with Gasteiger partial charge in [-0.25, -0.2) is 4.98 Å². The molecule has 0 bridgehead atoms. The highest BCUT2D eigenvalue weighted by Crippen LogP contribution is 2.30. The van der Waals surface area contributed by atoms with Gasteiger partial charge in [-0.1, -0.05) is 32.9 Å². The van der Waals surface area contributed by atoms with Gasteiger partial charge in [0.25, 0.3) is 5.91 Å². The number of para-hydroxylation sites is 1. The van der Waals surface area contributed by atoms with Crippen LogP contribution in [0, 0.1) is 0 Å². The number of hydrogen-bond donors (Lipinski definition) is 1. The van der Waals surface area contributed by atoms with Crippen molar-refractivity contribution in [1.29, 1.82) is 0 Å². The molecule has 1 aromatic heterocycles. The molecule has 0 radical (unpaired) electrons. The standard InChI is InChI=1S/C15H18N2O2S/c1-15(2,3)12-9-16-14(20-12)17-13(18)10-7-5-6-8-11(10)19-4/h5-9H,1-4H3,(H,16,17,18). The van der Waals surface area contributed by atoms with Gasteiger partial charge in [0.2, 0.25) is 0 Å². The van der Waals surface area contributed by atoms with Crippen LogP contribution in [0.1, 0.15) is 36.0 Å². The van der Waals surface area contributed by atoms with Crippen molar-refractivity contribution < 1.29 is 9.53 Å². The minimum atomic E-state index is -0.211. The van der Waals surface area contributed by atoms with Gasteiger partial charge < -0.3 is 4.74 Å². The van der Waals surface area contributed by atoms with Crippen LogP contribution in [-0.4, -0.2) is 18.0 Å². The number of amides is 1. The highest BCUT2D eigenvalue weighted by molar-refractivity contribution is 7.15. The smallest absolute Gasteiger partial charge is 0.261 e. The van der Waals surface area contributed by atoms with Crippen LogP contribution >= 0.6 is 11.3 Å². The molecule has 0 saturated heterocycles. The first-order valence-electron chi connectivity index (χ1n) is 6.32. The lowest BCUT2D eigenvalue weighted by molar-refractivity contribution is 0.102. The first kappa shape index (κ1) is 14.5. The summed E-state index contributed by atoms with van der Waals surface area (Å²) < 4.78 is 5.19. The summed E-state index contributed by atoms with van der Waals surface area (Å²) in [6, 6.07) is 7.13. The van der Waals surface area contributed by atoms with Crippen LogP contribution in [0.4, 0.5) is 5.13 Å². The Bertz CT molecular complexity index is 614. The van der Waals surface area contributed by atoms with Crippen molar-refractivity contribution in [2.24, 2.45) is 0 Å². The van der Waals surface area contributed by atoms with Gasteiger partial charge in [-0.15, -0.1) is 11.3 Å². The fourth-order valence-corrected chi connectivity index (χ4v) is 2.54. The molecule has 2 aromatic rings. The van der Waals surface area contributed by atoms with Crippen molar-refractivity contribution in [1.82, 2.24) is 4.98 Å². The highest BCUT2D eigenvalue weighted by Gasteiger charge is 2.19. The summed E-state index contributed by atoms with van der Waals surface area (Å²) in [4.78, 5) is 17.6. The summed E-state index contributed by atoms with van der Waals surface area (Å²) >= 11 is 1.49. The van der Waals surface area contributed by atoms with E-state index in [0.717, 1.165) is 4.88 Å². The van der Waals surface area contributed by atoms with E-state index in [1.807, 2.05) is 12.3 Å². The zero-order valence-electron chi connectivity index (χ0n) is 12.1. The number of carbonyl (C=O) groups is 1. The topological polar surface area (TPSA) is 51.2 Å². The average Bonchev–Trinajstić information content (AvgIpc) is 2.87. The van der Waals surface area contributed by atoms with E-state index in [4.69, 9.17) is 4.74 Å². The fraction of sp³-hybridized carbons (Fsp3) is 0.333. The minimum Gasteiger partial charge on any atom is -0.496 e. The molecule has 106 valence electrons. The molecule has 0 saturated carbocycles. The first-order chi connectivity index (χ1) is 9.41. The molecule has 0 unspecified atom stereocenters. The molecule has 4 nitrogen and oxygen atoms in total. The lowest BCUT2D eigenvalue weighted by Crippen LogP contribution is -2.12. The summed E-state index contributed by atoms with van der Waals surface area (Å²) in [5.74, 6) is 0.342. The molecular weight excluding hydrogens is 272 g/mol. The summed E-state index contributed by atoms with van der Waals surface area (Å²) in [7, 11) is 1.55. The van der Waals surface area contributed by atoms with Crippen LogP contribution in [-0.2, 0) is 5.41 Å². The second-order valence-corrected chi connectivity index (χ2v) is 6.46. The molecule has 1 heterocycles. The van der Waals surface area contributed by atoms with E-state index in [-0.39, 0.29) is 11.3 Å². The predicted molar refractivity (Wildman–Crippen MR) is 81.8 cm³/mol. The maximum atomic E-state index is 12.2. The second-order valence-electron chi connectivity index (χ2n) is 5.43. The van der Waals surface area contributed by atoms with E-state index in [9.17, 15) is 4.79 Å². The second kappa shape index (κ2) is 5.63. The quantitative estimate of drug-likeness (QED) is 0.937. The number of thiazole rings is 1. The Morgan fingerprint density at radius 3 is 2.60 bits per heavy atom. The van der Waals surface area contributed by atoms with Gasteiger partial charge in [0.1, 0.15) is 5.75 Å². The summed E-state index contributed by atoms with van der Waals surface area (Å²) in [6.45, 7) is 6.35. The van der Waals surface area contributed by atoms with Gasteiger partial charge >= 0.3 is 0 Å². The Morgan fingerprint density at radius 2 is 2.00 bits per heavy atom. The summed E-state index contributed by atoms with van der Waals surface area (Å²) in [6.07, 6.45) is 1.81. The number of nitrogens with one attached hydrogen (secondary N) is 1. The van der Waals surface area contributed by atoms with Crippen molar-refractivity contribution in [2.75, 3.05) is 12.4 Å².